The largest absolute Gasteiger partial charge is 0.516 e. The summed E-state index contributed by atoms with van der Waals surface area (Å²) in [6.45, 7) is 9.08. The van der Waals surface area contributed by atoms with Crippen molar-refractivity contribution in [2.75, 3.05) is 13.2 Å². The standard InChI is InChI=1S/C25H34N2O8/c1-16(2)14-33-24(31)34-21(28)20-19-12-11-18(27(19)23(30)35-25(3,4)5)13-26(20)22(29)32-15-17-9-7-6-8-10-17/h6-10,16,18-20H,11-15H2,1-5H3/t18-,19+,20?/m1/s1. The number of benzene rings is 1. The molecule has 0 saturated carbocycles. The Morgan fingerprint density at radius 3 is 2.31 bits per heavy atom. The molecule has 2 heterocycles. The van der Waals surface area contributed by atoms with Gasteiger partial charge in [-0.2, -0.15) is 0 Å². The summed E-state index contributed by atoms with van der Waals surface area (Å²) >= 11 is 0. The summed E-state index contributed by atoms with van der Waals surface area (Å²) in [6.07, 6.45) is -1.46. The van der Waals surface area contributed by atoms with Crippen LogP contribution in [0.1, 0.15) is 53.0 Å². The highest BCUT2D eigenvalue weighted by atomic mass is 16.7. The third-order valence-electron chi connectivity index (χ3n) is 5.66. The molecular weight excluding hydrogens is 456 g/mol. The van der Waals surface area contributed by atoms with Gasteiger partial charge >= 0.3 is 24.3 Å². The van der Waals surface area contributed by atoms with E-state index in [1.54, 1.807) is 20.8 Å². The van der Waals surface area contributed by atoms with Crippen molar-refractivity contribution in [2.24, 2.45) is 5.92 Å². The summed E-state index contributed by atoms with van der Waals surface area (Å²) in [5, 5.41) is 0. The topological polar surface area (TPSA) is 112 Å². The number of amides is 2. The zero-order valence-corrected chi connectivity index (χ0v) is 20.9. The van der Waals surface area contributed by atoms with E-state index in [1.165, 1.54) is 9.80 Å². The summed E-state index contributed by atoms with van der Waals surface area (Å²) in [5.74, 6) is -0.927. The fourth-order valence-corrected chi connectivity index (χ4v) is 4.23. The minimum atomic E-state index is -1.24. The van der Waals surface area contributed by atoms with Crippen LogP contribution in [0.25, 0.3) is 0 Å². The smallest absolute Gasteiger partial charge is 0.445 e. The quantitative estimate of drug-likeness (QED) is 0.344. The van der Waals surface area contributed by atoms with Gasteiger partial charge in [-0.3, -0.25) is 9.80 Å². The number of esters is 1. The van der Waals surface area contributed by atoms with E-state index in [-0.39, 0.29) is 31.7 Å². The van der Waals surface area contributed by atoms with Crippen LogP contribution in [-0.4, -0.2) is 71.0 Å². The molecule has 3 rings (SSSR count). The molecule has 2 fully saturated rings. The number of carbonyl (C=O) groups is 4. The van der Waals surface area contributed by atoms with Gasteiger partial charge in [0.05, 0.1) is 18.7 Å². The number of ether oxygens (including phenoxy) is 4. The average molecular weight is 491 g/mol. The van der Waals surface area contributed by atoms with Gasteiger partial charge in [-0.15, -0.1) is 0 Å². The molecule has 2 bridgehead atoms. The molecule has 3 atom stereocenters. The van der Waals surface area contributed by atoms with E-state index in [0.29, 0.717) is 12.8 Å². The van der Waals surface area contributed by atoms with Crippen LogP contribution in [0.4, 0.5) is 14.4 Å². The molecule has 10 heteroatoms. The first-order chi connectivity index (χ1) is 16.5. The maximum Gasteiger partial charge on any atom is 0.516 e. The fourth-order valence-electron chi connectivity index (χ4n) is 4.23. The second kappa shape index (κ2) is 11.0. The van der Waals surface area contributed by atoms with Crippen LogP contribution in [0, 0.1) is 5.92 Å². The zero-order chi connectivity index (χ0) is 25.8. The summed E-state index contributed by atoms with van der Waals surface area (Å²) in [5.41, 5.74) is 0.0476. The van der Waals surface area contributed by atoms with Gasteiger partial charge < -0.3 is 18.9 Å². The minimum Gasteiger partial charge on any atom is -0.445 e. The Hall–Kier alpha value is -3.30. The second-order valence-corrected chi connectivity index (χ2v) is 10.2. The molecule has 0 aromatic heterocycles. The van der Waals surface area contributed by atoms with Crippen molar-refractivity contribution in [2.45, 2.75) is 77.8 Å². The van der Waals surface area contributed by atoms with Gasteiger partial charge in [0.1, 0.15) is 12.2 Å². The molecule has 10 nitrogen and oxygen atoms in total. The van der Waals surface area contributed by atoms with E-state index >= 15 is 0 Å². The molecule has 2 amide bonds. The molecule has 2 saturated heterocycles. The van der Waals surface area contributed by atoms with Crippen molar-refractivity contribution in [3.63, 3.8) is 0 Å². The van der Waals surface area contributed by atoms with Crippen molar-refractivity contribution < 1.29 is 38.1 Å². The van der Waals surface area contributed by atoms with Crippen molar-refractivity contribution in [3.05, 3.63) is 35.9 Å². The number of hydrogen-bond donors (Lipinski definition) is 0. The predicted octanol–water partition coefficient (Wildman–Crippen LogP) is 4.11. The molecule has 0 aliphatic carbocycles. The third kappa shape index (κ3) is 6.86. The highest BCUT2D eigenvalue weighted by molar-refractivity contribution is 5.90. The van der Waals surface area contributed by atoms with E-state index < -0.39 is 42.0 Å². The maximum absolute atomic E-state index is 13.1. The summed E-state index contributed by atoms with van der Waals surface area (Å²) in [7, 11) is 0. The Balaban J connectivity index is 1.79. The first kappa shape index (κ1) is 26.3. The van der Waals surface area contributed by atoms with Crippen LogP contribution in [-0.2, 0) is 30.3 Å². The Morgan fingerprint density at radius 1 is 1.00 bits per heavy atom. The number of nitrogens with zero attached hydrogens (tertiary/aromatic N) is 2. The van der Waals surface area contributed by atoms with Gasteiger partial charge in [0, 0.05) is 6.54 Å². The number of fused-ring (bicyclic) bond motifs is 2. The van der Waals surface area contributed by atoms with Crippen molar-refractivity contribution in [1.29, 1.82) is 0 Å². The highest BCUT2D eigenvalue weighted by Gasteiger charge is 2.55. The van der Waals surface area contributed by atoms with Gasteiger partial charge in [-0.05, 0) is 45.1 Å². The Bertz CT molecular complexity index is 927. The lowest BCUT2D eigenvalue weighted by Crippen LogP contribution is -2.65. The van der Waals surface area contributed by atoms with Crippen molar-refractivity contribution in [3.8, 4) is 0 Å². The molecule has 1 aromatic carbocycles. The number of rotatable bonds is 5. The predicted molar refractivity (Wildman–Crippen MR) is 124 cm³/mol. The molecule has 2 aliphatic heterocycles. The number of hydrogen-bond acceptors (Lipinski definition) is 8. The third-order valence-corrected chi connectivity index (χ3v) is 5.66. The summed E-state index contributed by atoms with van der Waals surface area (Å²) in [6, 6.07) is 6.81. The fraction of sp³-hybridized carbons (Fsp3) is 0.600. The van der Waals surface area contributed by atoms with E-state index in [2.05, 4.69) is 0 Å². The average Bonchev–Trinajstić information content (AvgIpc) is 3.09. The molecule has 2 aliphatic rings. The van der Waals surface area contributed by atoms with Crippen LogP contribution < -0.4 is 0 Å². The molecule has 1 aromatic rings. The monoisotopic (exact) mass is 490 g/mol. The zero-order valence-electron chi connectivity index (χ0n) is 20.9. The van der Waals surface area contributed by atoms with Crippen LogP contribution in [0.5, 0.6) is 0 Å². The molecule has 192 valence electrons. The van der Waals surface area contributed by atoms with Gasteiger partial charge in [-0.1, -0.05) is 44.2 Å². The van der Waals surface area contributed by atoms with Gasteiger partial charge in [0.25, 0.3) is 0 Å². The van der Waals surface area contributed by atoms with E-state index in [0.717, 1.165) is 5.56 Å². The second-order valence-electron chi connectivity index (χ2n) is 10.2. The maximum atomic E-state index is 13.1. The van der Waals surface area contributed by atoms with Crippen LogP contribution in [0.15, 0.2) is 30.3 Å². The van der Waals surface area contributed by atoms with Crippen LogP contribution >= 0.6 is 0 Å². The summed E-state index contributed by atoms with van der Waals surface area (Å²) < 4.78 is 20.9. The number of piperazine rings is 1. The minimum absolute atomic E-state index is 0.0134. The highest BCUT2D eigenvalue weighted by Crippen LogP contribution is 2.36. The molecule has 35 heavy (non-hydrogen) atoms. The van der Waals surface area contributed by atoms with Crippen molar-refractivity contribution in [1.82, 2.24) is 9.80 Å². The lowest BCUT2D eigenvalue weighted by molar-refractivity contribution is -0.150. The Kier molecular flexibility index (Phi) is 8.24. The lowest BCUT2D eigenvalue weighted by atomic mass is 10.0. The molecule has 0 N–H and O–H groups in total. The van der Waals surface area contributed by atoms with Gasteiger partial charge in [0.15, 0.2) is 6.04 Å². The SMILES string of the molecule is CC(C)COC(=O)OC(=O)C1[C@@H]2CC[C@H](CN1C(=O)OCc1ccccc1)N2C(=O)OC(C)(C)C. The first-order valence-corrected chi connectivity index (χ1v) is 11.8. The molecule has 1 unspecified atom stereocenters. The van der Waals surface area contributed by atoms with Gasteiger partial charge in [0.2, 0.25) is 0 Å². The number of likely N-dealkylation sites (tertiary alicyclic amines) is 1. The summed E-state index contributed by atoms with van der Waals surface area (Å²) in [4.78, 5) is 54.0. The molecule has 0 spiro atoms. The Labute approximate surface area is 205 Å². The molecule has 0 radical (unpaired) electrons. The van der Waals surface area contributed by atoms with E-state index in [9.17, 15) is 19.2 Å². The van der Waals surface area contributed by atoms with E-state index in [4.69, 9.17) is 18.9 Å². The van der Waals surface area contributed by atoms with Crippen molar-refractivity contribution >= 4 is 24.3 Å². The van der Waals surface area contributed by atoms with Crippen LogP contribution in [0.3, 0.4) is 0 Å². The van der Waals surface area contributed by atoms with E-state index in [1.807, 2.05) is 44.2 Å². The molecular formula is C25H34N2O8. The number of carbonyl (C=O) groups excluding carboxylic acids is 4. The Morgan fingerprint density at radius 2 is 1.69 bits per heavy atom. The van der Waals surface area contributed by atoms with Gasteiger partial charge in [-0.25, -0.2) is 19.2 Å². The first-order valence-electron chi connectivity index (χ1n) is 11.8. The lowest BCUT2D eigenvalue weighted by Gasteiger charge is -2.44. The van der Waals surface area contributed by atoms with Crippen LogP contribution in [0.2, 0.25) is 0 Å². The normalized spacial score (nSPS) is 21.5.